The van der Waals surface area contributed by atoms with Crippen LogP contribution >= 0.6 is 7.92 Å². The van der Waals surface area contributed by atoms with Crippen molar-refractivity contribution in [1.82, 2.24) is 0 Å². The normalized spacial score (nSPS) is 11.0. The first-order valence-corrected chi connectivity index (χ1v) is 12.7. The number of rotatable bonds is 7. The first kappa shape index (κ1) is 24.9. The Bertz CT molecular complexity index is 1060. The van der Waals surface area contributed by atoms with Gasteiger partial charge in [-0.1, -0.05) is 42.5 Å². The van der Waals surface area contributed by atoms with E-state index in [1.165, 1.54) is 49.8 Å². The maximum absolute atomic E-state index is 2.33. The Labute approximate surface area is 202 Å². The molecule has 0 spiro atoms. The summed E-state index contributed by atoms with van der Waals surface area (Å²) in [6, 6.07) is 20.3. The van der Waals surface area contributed by atoms with Crippen molar-refractivity contribution in [3.63, 3.8) is 0 Å². The Morgan fingerprint density at radius 2 is 0.879 bits per heavy atom. The summed E-state index contributed by atoms with van der Waals surface area (Å²) in [4.78, 5) is 8.99. The van der Waals surface area contributed by atoms with Crippen LogP contribution < -0.4 is 35.5 Å². The Morgan fingerprint density at radius 3 is 1.27 bits per heavy atom. The van der Waals surface area contributed by atoms with Gasteiger partial charge in [-0.05, 0) is 50.3 Å². The van der Waals surface area contributed by atoms with Crippen LogP contribution in [0, 0.1) is 13.8 Å². The molecule has 0 radical (unpaired) electrons. The zero-order valence-electron chi connectivity index (χ0n) is 21.9. The summed E-state index contributed by atoms with van der Waals surface area (Å²) < 4.78 is 0. The summed E-state index contributed by atoms with van der Waals surface area (Å²) in [5.74, 6) is 0. The predicted molar refractivity (Wildman–Crippen MR) is 152 cm³/mol. The smallest absolute Gasteiger partial charge is 0.0683 e. The van der Waals surface area contributed by atoms with Gasteiger partial charge in [-0.2, -0.15) is 0 Å². The number of anilines is 4. The summed E-state index contributed by atoms with van der Waals surface area (Å²) in [5.41, 5.74) is 7.77. The predicted octanol–water partition coefficient (Wildman–Crippen LogP) is 4.33. The lowest BCUT2D eigenvalue weighted by Crippen LogP contribution is -2.32. The summed E-state index contributed by atoms with van der Waals surface area (Å²) in [7, 11) is 16.3. The molecule has 0 saturated carbocycles. The number of benzene rings is 3. The molecule has 0 aliphatic carbocycles. The van der Waals surface area contributed by atoms with Gasteiger partial charge in [0, 0.05) is 67.0 Å². The molecule has 0 atom stereocenters. The van der Waals surface area contributed by atoms with Gasteiger partial charge in [-0.3, -0.25) is 0 Å². The molecule has 0 saturated heterocycles. The third-order valence-electron chi connectivity index (χ3n) is 6.14. The molecular formula is C28H39N4P. The van der Waals surface area contributed by atoms with E-state index in [0.717, 1.165) is 0 Å². The molecule has 0 fully saturated rings. The number of aryl methyl sites for hydroxylation is 1. The van der Waals surface area contributed by atoms with E-state index < -0.39 is 7.92 Å². The van der Waals surface area contributed by atoms with Gasteiger partial charge < -0.3 is 19.6 Å². The largest absolute Gasteiger partial charge is 0.376 e. The summed E-state index contributed by atoms with van der Waals surface area (Å²) in [6.45, 7) is 4.49. The minimum atomic E-state index is -0.808. The Morgan fingerprint density at radius 1 is 0.485 bits per heavy atom. The molecule has 176 valence electrons. The van der Waals surface area contributed by atoms with Crippen LogP contribution in [0.1, 0.15) is 11.1 Å². The van der Waals surface area contributed by atoms with Crippen LogP contribution in [0.25, 0.3) is 0 Å². The molecule has 0 aliphatic heterocycles. The van der Waals surface area contributed by atoms with Crippen LogP contribution in [0.2, 0.25) is 0 Å². The molecule has 3 rings (SSSR count). The van der Waals surface area contributed by atoms with Gasteiger partial charge in [0.1, 0.15) is 0 Å². The van der Waals surface area contributed by atoms with E-state index >= 15 is 0 Å². The second-order valence-electron chi connectivity index (χ2n) is 9.42. The van der Waals surface area contributed by atoms with Crippen molar-refractivity contribution < 1.29 is 0 Å². The minimum Gasteiger partial charge on any atom is -0.376 e. The van der Waals surface area contributed by atoms with E-state index in [1.807, 2.05) is 0 Å². The van der Waals surface area contributed by atoms with Crippen molar-refractivity contribution in [2.45, 2.75) is 13.8 Å². The number of nitrogens with zero attached hydrogens (tertiary/aromatic N) is 4. The van der Waals surface area contributed by atoms with Crippen LogP contribution in [-0.4, -0.2) is 56.4 Å². The highest BCUT2D eigenvalue weighted by Crippen LogP contribution is 2.44. The van der Waals surface area contributed by atoms with Crippen molar-refractivity contribution in [2.75, 3.05) is 76.0 Å². The zero-order chi connectivity index (χ0) is 24.4. The summed E-state index contributed by atoms with van der Waals surface area (Å²) in [6.07, 6.45) is 0. The van der Waals surface area contributed by atoms with Gasteiger partial charge in [0.25, 0.3) is 0 Å². The van der Waals surface area contributed by atoms with E-state index in [9.17, 15) is 0 Å². The van der Waals surface area contributed by atoms with Gasteiger partial charge in [0.05, 0.1) is 22.7 Å². The molecule has 0 aliphatic rings. The quantitative estimate of drug-likeness (QED) is 0.485. The molecule has 0 heterocycles. The second kappa shape index (κ2) is 10.1. The first-order valence-electron chi connectivity index (χ1n) is 11.4. The van der Waals surface area contributed by atoms with E-state index in [4.69, 9.17) is 0 Å². The van der Waals surface area contributed by atoms with Gasteiger partial charge in [0.2, 0.25) is 0 Å². The van der Waals surface area contributed by atoms with Gasteiger partial charge in [0.15, 0.2) is 0 Å². The highest BCUT2D eigenvalue weighted by atomic mass is 31.1. The molecule has 3 aromatic carbocycles. The fourth-order valence-electron chi connectivity index (χ4n) is 4.41. The molecule has 0 bridgehead atoms. The molecule has 0 aromatic heterocycles. The highest BCUT2D eigenvalue weighted by Gasteiger charge is 2.28. The third kappa shape index (κ3) is 4.82. The van der Waals surface area contributed by atoms with E-state index in [-0.39, 0.29) is 0 Å². The van der Waals surface area contributed by atoms with Crippen LogP contribution in [0.3, 0.4) is 0 Å². The lowest BCUT2D eigenvalue weighted by molar-refractivity contribution is 1.08. The topological polar surface area (TPSA) is 13.0 Å². The number of para-hydroxylation sites is 2. The molecular weight excluding hydrogens is 423 g/mol. The molecule has 0 amide bonds. The number of hydrogen-bond donors (Lipinski definition) is 0. The van der Waals surface area contributed by atoms with Crippen molar-refractivity contribution >= 4 is 46.6 Å². The molecule has 4 nitrogen and oxygen atoms in total. The van der Waals surface area contributed by atoms with Gasteiger partial charge >= 0.3 is 0 Å². The minimum absolute atomic E-state index is 0.808. The van der Waals surface area contributed by atoms with Crippen LogP contribution in [0.4, 0.5) is 22.7 Å². The van der Waals surface area contributed by atoms with Gasteiger partial charge in [-0.15, -0.1) is 0 Å². The van der Waals surface area contributed by atoms with Crippen LogP contribution in [-0.2, 0) is 0 Å². The monoisotopic (exact) mass is 462 g/mol. The average molecular weight is 463 g/mol. The maximum atomic E-state index is 2.33. The molecule has 33 heavy (non-hydrogen) atoms. The Hall–Kier alpha value is -2.71. The first-order chi connectivity index (χ1) is 15.6. The molecule has 3 aromatic rings. The van der Waals surface area contributed by atoms with Crippen molar-refractivity contribution in [1.29, 1.82) is 0 Å². The van der Waals surface area contributed by atoms with E-state index in [2.05, 4.69) is 144 Å². The van der Waals surface area contributed by atoms with Crippen LogP contribution in [0.5, 0.6) is 0 Å². The maximum Gasteiger partial charge on any atom is 0.0683 e. The Kier molecular flexibility index (Phi) is 7.59. The molecule has 5 heteroatoms. The third-order valence-corrected chi connectivity index (χ3v) is 8.80. The van der Waals surface area contributed by atoms with E-state index in [1.54, 1.807) is 0 Å². The van der Waals surface area contributed by atoms with E-state index in [0.29, 0.717) is 0 Å². The zero-order valence-corrected chi connectivity index (χ0v) is 22.8. The Balaban J connectivity index is 2.48. The SMILES string of the molecule is Cc1cccc(P(c2cccc(N(C)C)c2N(C)C)c2cccc(N(C)C)c2N(C)C)c1C. The van der Waals surface area contributed by atoms with Crippen molar-refractivity contribution in [3.8, 4) is 0 Å². The fourth-order valence-corrected chi connectivity index (χ4v) is 7.45. The average Bonchev–Trinajstić information content (AvgIpc) is 2.76. The van der Waals surface area contributed by atoms with Gasteiger partial charge in [-0.25, -0.2) is 0 Å². The van der Waals surface area contributed by atoms with Crippen molar-refractivity contribution in [2.24, 2.45) is 0 Å². The second-order valence-corrected chi connectivity index (χ2v) is 11.5. The lowest BCUT2D eigenvalue weighted by atomic mass is 10.1. The molecule has 0 N–H and O–H groups in total. The summed E-state index contributed by atoms with van der Waals surface area (Å²) in [5, 5.41) is 4.19. The van der Waals surface area contributed by atoms with Crippen LogP contribution in [0.15, 0.2) is 54.6 Å². The standard InChI is InChI=1S/C28H39N4P/c1-20-14-11-17-24(21(20)2)33(25-18-12-15-22(29(3)4)27(25)31(7)8)26-19-13-16-23(30(5)6)28(26)32(9)10/h11-19H,1-10H3. The molecule has 0 unspecified atom stereocenters. The lowest BCUT2D eigenvalue weighted by Gasteiger charge is -2.33. The summed E-state index contributed by atoms with van der Waals surface area (Å²) >= 11 is 0. The fraction of sp³-hybridized carbons (Fsp3) is 0.357. The highest BCUT2D eigenvalue weighted by molar-refractivity contribution is 7.80. The number of hydrogen-bond acceptors (Lipinski definition) is 4. The van der Waals surface area contributed by atoms with Crippen molar-refractivity contribution in [3.05, 3.63) is 65.7 Å².